The lowest BCUT2D eigenvalue weighted by Crippen LogP contribution is -2.30. The molecule has 394 valence electrons. The van der Waals surface area contributed by atoms with Gasteiger partial charge in [0.2, 0.25) is 0 Å². The van der Waals surface area contributed by atoms with Gasteiger partial charge in [-0.3, -0.25) is 9.59 Å². The third-order valence-electron chi connectivity index (χ3n) is 11.4. The molecule has 0 saturated heterocycles. The lowest BCUT2D eigenvalue weighted by Gasteiger charge is -2.18. The smallest absolute Gasteiger partial charge is 0.306 e. The average Bonchev–Trinajstić information content (AvgIpc) is 3.36. The fraction of sp³-hybridized carbons (Fsp3) is 0.600. The van der Waals surface area contributed by atoms with Crippen molar-refractivity contribution in [1.29, 1.82) is 0 Å². The van der Waals surface area contributed by atoms with E-state index in [2.05, 4.69) is 161 Å². The molecular formula is C65H104O5. The Labute approximate surface area is 431 Å². The van der Waals surface area contributed by atoms with Gasteiger partial charge in [-0.05, 0) is 116 Å². The highest BCUT2D eigenvalue weighted by Crippen LogP contribution is 2.14. The van der Waals surface area contributed by atoms with Gasteiger partial charge in [-0.25, -0.2) is 0 Å². The van der Waals surface area contributed by atoms with Crippen molar-refractivity contribution in [1.82, 2.24) is 0 Å². The Hall–Kier alpha value is -4.22. The summed E-state index contributed by atoms with van der Waals surface area (Å²) in [5, 5.41) is 0. The van der Waals surface area contributed by atoms with Gasteiger partial charge < -0.3 is 14.2 Å². The molecule has 5 nitrogen and oxygen atoms in total. The molecule has 0 bridgehead atoms. The molecule has 0 aliphatic carbocycles. The maximum absolute atomic E-state index is 12.9. The number of carbonyl (C=O) groups is 2. The predicted octanol–water partition coefficient (Wildman–Crippen LogP) is 19.7. The minimum atomic E-state index is -0.619. The number of hydrogen-bond acceptors (Lipinski definition) is 5. The van der Waals surface area contributed by atoms with Crippen LogP contribution in [0.3, 0.4) is 0 Å². The van der Waals surface area contributed by atoms with Gasteiger partial charge in [-0.2, -0.15) is 0 Å². The maximum Gasteiger partial charge on any atom is 0.306 e. The SMILES string of the molecule is CC/C=C\C/C=C\C/C=C\C/C=C\C/C=C\C/C=C\CCC(=O)OCC(COCC/C=C\C/C=C\C/C=C\C/C=C\C/C=C\CC)OC(=O)CCCCCCCCCCC/C=C\CCCCCCCC. The number of ether oxygens (including phenoxy) is 3. The number of esters is 2. The van der Waals surface area contributed by atoms with Gasteiger partial charge in [0.1, 0.15) is 6.61 Å². The molecule has 0 spiro atoms. The van der Waals surface area contributed by atoms with Crippen LogP contribution in [0.4, 0.5) is 0 Å². The van der Waals surface area contributed by atoms with Crippen LogP contribution in [0.15, 0.2) is 146 Å². The minimum absolute atomic E-state index is 0.00543. The summed E-state index contributed by atoms with van der Waals surface area (Å²) in [6.07, 6.45) is 86.2. The molecule has 0 aromatic heterocycles. The highest BCUT2D eigenvalue weighted by atomic mass is 16.6. The number of unbranched alkanes of at least 4 members (excludes halogenated alkanes) is 15. The van der Waals surface area contributed by atoms with Gasteiger partial charge >= 0.3 is 11.9 Å². The second-order valence-corrected chi connectivity index (χ2v) is 18.1. The van der Waals surface area contributed by atoms with Crippen LogP contribution in [0.25, 0.3) is 0 Å². The number of carbonyl (C=O) groups excluding carboxylic acids is 2. The third-order valence-corrected chi connectivity index (χ3v) is 11.4. The summed E-state index contributed by atoms with van der Waals surface area (Å²) in [5.74, 6) is -0.545. The first-order valence-electron chi connectivity index (χ1n) is 28.4. The predicted molar refractivity (Wildman–Crippen MR) is 306 cm³/mol. The molecule has 0 N–H and O–H groups in total. The highest BCUT2D eigenvalue weighted by molar-refractivity contribution is 5.70. The first-order chi connectivity index (χ1) is 34.6. The fourth-order valence-corrected chi connectivity index (χ4v) is 7.24. The summed E-state index contributed by atoms with van der Waals surface area (Å²) in [6.45, 7) is 7.30. The van der Waals surface area contributed by atoms with Gasteiger partial charge in [0, 0.05) is 12.8 Å². The Bertz CT molecular complexity index is 1510. The van der Waals surface area contributed by atoms with Crippen molar-refractivity contribution in [2.75, 3.05) is 19.8 Å². The normalized spacial score (nSPS) is 13.4. The van der Waals surface area contributed by atoms with E-state index in [1.54, 1.807) is 0 Å². The molecule has 0 amide bonds. The van der Waals surface area contributed by atoms with E-state index >= 15 is 0 Å². The molecule has 0 aromatic carbocycles. The van der Waals surface area contributed by atoms with Crippen molar-refractivity contribution in [3.05, 3.63) is 146 Å². The van der Waals surface area contributed by atoms with Crippen LogP contribution in [0.1, 0.15) is 226 Å². The lowest BCUT2D eigenvalue weighted by molar-refractivity contribution is -0.162. The van der Waals surface area contributed by atoms with Crippen molar-refractivity contribution in [3.8, 4) is 0 Å². The Kier molecular flexibility index (Phi) is 55.5. The van der Waals surface area contributed by atoms with Gasteiger partial charge in [0.05, 0.1) is 13.2 Å². The van der Waals surface area contributed by atoms with Crippen molar-refractivity contribution in [2.24, 2.45) is 0 Å². The Balaban J connectivity index is 4.51. The molecule has 0 radical (unpaired) electrons. The molecule has 1 unspecified atom stereocenters. The first-order valence-corrected chi connectivity index (χ1v) is 28.4. The van der Waals surface area contributed by atoms with Crippen molar-refractivity contribution >= 4 is 11.9 Å². The third kappa shape index (κ3) is 56.4. The lowest BCUT2D eigenvalue weighted by atomic mass is 10.1. The van der Waals surface area contributed by atoms with Gasteiger partial charge in [-0.1, -0.05) is 244 Å². The molecule has 70 heavy (non-hydrogen) atoms. The summed E-state index contributed by atoms with van der Waals surface area (Å²) in [4.78, 5) is 25.5. The van der Waals surface area contributed by atoms with E-state index in [1.807, 2.05) is 6.08 Å². The first kappa shape index (κ1) is 65.8. The summed E-state index contributed by atoms with van der Waals surface area (Å²) in [7, 11) is 0. The van der Waals surface area contributed by atoms with Crippen LogP contribution in [0.5, 0.6) is 0 Å². The van der Waals surface area contributed by atoms with Crippen molar-refractivity contribution in [2.45, 2.75) is 232 Å². The van der Waals surface area contributed by atoms with Crippen LogP contribution >= 0.6 is 0 Å². The van der Waals surface area contributed by atoms with E-state index in [0.29, 0.717) is 19.4 Å². The fourth-order valence-electron chi connectivity index (χ4n) is 7.24. The second-order valence-electron chi connectivity index (χ2n) is 18.1. The molecule has 0 aliphatic rings. The molecule has 1 atom stereocenters. The van der Waals surface area contributed by atoms with E-state index in [9.17, 15) is 9.59 Å². The zero-order valence-electron chi connectivity index (χ0n) is 45.2. The quantitative estimate of drug-likeness (QED) is 0.0345. The zero-order chi connectivity index (χ0) is 50.6. The molecule has 0 fully saturated rings. The van der Waals surface area contributed by atoms with Crippen molar-refractivity contribution < 1.29 is 23.8 Å². The number of rotatable bonds is 50. The topological polar surface area (TPSA) is 61.8 Å². The summed E-state index contributed by atoms with van der Waals surface area (Å²) < 4.78 is 17.3. The molecule has 5 heteroatoms. The Morgan fingerprint density at radius 1 is 0.329 bits per heavy atom. The maximum atomic E-state index is 12.9. The summed E-state index contributed by atoms with van der Waals surface area (Å²) in [6, 6.07) is 0. The van der Waals surface area contributed by atoms with Gasteiger partial charge in [0.25, 0.3) is 0 Å². The van der Waals surface area contributed by atoms with Gasteiger partial charge in [0.15, 0.2) is 6.10 Å². The van der Waals surface area contributed by atoms with Crippen LogP contribution in [0.2, 0.25) is 0 Å². The van der Waals surface area contributed by atoms with Crippen LogP contribution in [-0.4, -0.2) is 37.9 Å². The van der Waals surface area contributed by atoms with Gasteiger partial charge in [-0.15, -0.1) is 0 Å². The molecule has 0 aromatic rings. The van der Waals surface area contributed by atoms with Crippen molar-refractivity contribution in [3.63, 3.8) is 0 Å². The average molecular weight is 966 g/mol. The van der Waals surface area contributed by atoms with E-state index < -0.39 is 6.10 Å². The molecule has 0 aliphatic heterocycles. The number of hydrogen-bond donors (Lipinski definition) is 0. The Morgan fingerprint density at radius 2 is 0.671 bits per heavy atom. The van der Waals surface area contributed by atoms with E-state index in [-0.39, 0.29) is 31.6 Å². The summed E-state index contributed by atoms with van der Waals surface area (Å²) >= 11 is 0. The zero-order valence-corrected chi connectivity index (χ0v) is 45.2. The van der Waals surface area contributed by atoms with Crippen LogP contribution in [-0.2, 0) is 23.8 Å². The highest BCUT2D eigenvalue weighted by Gasteiger charge is 2.17. The van der Waals surface area contributed by atoms with E-state index in [4.69, 9.17) is 14.2 Å². The molecule has 0 rings (SSSR count). The van der Waals surface area contributed by atoms with Crippen LogP contribution < -0.4 is 0 Å². The molecule has 0 heterocycles. The monoisotopic (exact) mass is 965 g/mol. The Morgan fingerprint density at radius 3 is 1.09 bits per heavy atom. The molecule has 0 saturated carbocycles. The summed E-state index contributed by atoms with van der Waals surface area (Å²) in [5.41, 5.74) is 0. The molecular weight excluding hydrogens is 861 g/mol. The minimum Gasteiger partial charge on any atom is -0.462 e. The standard InChI is InChI=1S/C65H104O5/c1-4-7-10-13-16-19-22-25-28-31-33-35-37-40-43-46-49-52-55-58-64(66)69-62-63(61-68-60-57-54-51-48-45-42-39-30-27-24-21-18-15-12-9-6-3)70-65(67)59-56-53-50-47-44-41-38-36-34-32-29-26-23-20-17-14-11-8-5-2/h7,9-10,12,16,18-19,21,25-30,33,35,40,42-43,45,49,51-52,54,63H,4-6,8,11,13-15,17,20,22-24,31-32,34,36-39,41,44,46-48,50,53,55-62H2,1-3H3/b10-7-,12-9-,19-16-,21-18-,28-25-,29-26-,30-27-,35-33-,43-40-,45-42-,52-49-,54-51-. The van der Waals surface area contributed by atoms with E-state index in [0.717, 1.165) is 96.3 Å². The van der Waals surface area contributed by atoms with Crippen LogP contribution in [0, 0.1) is 0 Å². The van der Waals surface area contributed by atoms with E-state index in [1.165, 1.54) is 89.9 Å². The second kappa shape index (κ2) is 59.1. The largest absolute Gasteiger partial charge is 0.462 e. The number of allylic oxidation sites excluding steroid dienone is 23.